The van der Waals surface area contributed by atoms with Crippen LogP contribution in [0, 0.1) is 0 Å². The molecule has 1 aromatic rings. The topological polar surface area (TPSA) is 32.3 Å². The summed E-state index contributed by atoms with van der Waals surface area (Å²) < 4.78 is 0. The lowest BCUT2D eigenvalue weighted by atomic mass is 10.2. The number of carbonyl (C=O) groups excluding carboxylic acids is 1. The van der Waals surface area contributed by atoms with Crippen molar-refractivity contribution in [2.45, 2.75) is 5.88 Å². The van der Waals surface area contributed by atoms with Crippen LogP contribution in [0.2, 0.25) is 0 Å². The molecular formula is C10H9ClN2OS. The van der Waals surface area contributed by atoms with Crippen LogP contribution >= 0.6 is 23.8 Å². The molecule has 0 saturated carbocycles. The summed E-state index contributed by atoms with van der Waals surface area (Å²) in [6.07, 6.45) is 0. The number of alkyl halides is 1. The molecule has 1 aliphatic heterocycles. The van der Waals surface area contributed by atoms with Crippen LogP contribution in [0.3, 0.4) is 0 Å². The van der Waals surface area contributed by atoms with E-state index in [2.05, 4.69) is 5.32 Å². The van der Waals surface area contributed by atoms with Crippen molar-refractivity contribution in [1.29, 1.82) is 0 Å². The molecular weight excluding hydrogens is 232 g/mol. The Morgan fingerprint density at radius 3 is 2.53 bits per heavy atom. The fourth-order valence-corrected chi connectivity index (χ4v) is 1.88. The molecule has 0 aromatic heterocycles. The fraction of sp³-hybridized carbons (Fsp3) is 0.200. The third kappa shape index (κ3) is 2.11. The van der Waals surface area contributed by atoms with Crippen molar-refractivity contribution < 1.29 is 4.79 Å². The van der Waals surface area contributed by atoms with E-state index in [1.54, 1.807) is 4.90 Å². The molecule has 2 rings (SSSR count). The first kappa shape index (κ1) is 10.4. The average molecular weight is 241 g/mol. The summed E-state index contributed by atoms with van der Waals surface area (Å²) in [4.78, 5) is 12.9. The van der Waals surface area contributed by atoms with Crippen LogP contribution in [0.15, 0.2) is 24.3 Å². The number of rotatable bonds is 2. The number of carbonyl (C=O) groups is 1. The normalized spacial score (nSPS) is 15.7. The van der Waals surface area contributed by atoms with Crippen molar-refractivity contribution in [3.63, 3.8) is 0 Å². The number of amides is 1. The smallest absolute Gasteiger partial charge is 0.246 e. The predicted octanol–water partition coefficient (Wildman–Crippen LogP) is 1.65. The van der Waals surface area contributed by atoms with Crippen LogP contribution < -0.4 is 10.2 Å². The van der Waals surface area contributed by atoms with Gasteiger partial charge in [0.15, 0.2) is 5.11 Å². The second-order valence-electron chi connectivity index (χ2n) is 3.24. The number of thiocarbonyl (C=S) groups is 1. The predicted molar refractivity (Wildman–Crippen MR) is 64.1 cm³/mol. The van der Waals surface area contributed by atoms with Crippen LogP contribution in [0.5, 0.6) is 0 Å². The van der Waals surface area contributed by atoms with Gasteiger partial charge in [-0.25, -0.2) is 0 Å². The first-order valence-electron chi connectivity index (χ1n) is 4.47. The van der Waals surface area contributed by atoms with Crippen LogP contribution in [0.25, 0.3) is 0 Å². The van der Waals surface area contributed by atoms with Gasteiger partial charge >= 0.3 is 0 Å². The van der Waals surface area contributed by atoms with Gasteiger partial charge in [0.05, 0.1) is 0 Å². The molecule has 1 fully saturated rings. The summed E-state index contributed by atoms with van der Waals surface area (Å²) in [5.74, 6) is 0.420. The molecule has 0 bridgehead atoms. The van der Waals surface area contributed by atoms with E-state index in [0.717, 1.165) is 11.3 Å². The summed E-state index contributed by atoms with van der Waals surface area (Å²) in [5.41, 5.74) is 1.96. The lowest BCUT2D eigenvalue weighted by Gasteiger charge is -2.15. The fourth-order valence-electron chi connectivity index (χ4n) is 1.42. The van der Waals surface area contributed by atoms with Gasteiger partial charge in [-0.2, -0.15) is 0 Å². The van der Waals surface area contributed by atoms with Crippen LogP contribution in [-0.4, -0.2) is 17.6 Å². The Balaban J connectivity index is 2.22. The third-order valence-electron chi connectivity index (χ3n) is 2.20. The quantitative estimate of drug-likeness (QED) is 0.630. The molecule has 0 aliphatic carbocycles. The van der Waals surface area contributed by atoms with E-state index in [-0.39, 0.29) is 5.91 Å². The van der Waals surface area contributed by atoms with E-state index in [1.807, 2.05) is 24.3 Å². The van der Waals surface area contributed by atoms with Crippen molar-refractivity contribution in [3.05, 3.63) is 29.8 Å². The zero-order valence-corrected chi connectivity index (χ0v) is 9.44. The molecule has 0 spiro atoms. The van der Waals surface area contributed by atoms with Gasteiger partial charge in [-0.15, -0.1) is 11.6 Å². The number of benzene rings is 1. The third-order valence-corrected chi connectivity index (χ3v) is 2.83. The van der Waals surface area contributed by atoms with E-state index < -0.39 is 0 Å². The van der Waals surface area contributed by atoms with Gasteiger partial charge in [0.1, 0.15) is 6.54 Å². The summed E-state index contributed by atoms with van der Waals surface area (Å²) >= 11 is 10.7. The highest BCUT2D eigenvalue weighted by Crippen LogP contribution is 2.18. The van der Waals surface area contributed by atoms with E-state index >= 15 is 0 Å². The molecule has 15 heavy (non-hydrogen) atoms. The Morgan fingerprint density at radius 1 is 1.40 bits per heavy atom. The first-order valence-corrected chi connectivity index (χ1v) is 5.41. The van der Waals surface area contributed by atoms with Crippen molar-refractivity contribution in [3.8, 4) is 0 Å². The molecule has 1 aliphatic rings. The van der Waals surface area contributed by atoms with Crippen LogP contribution in [0.4, 0.5) is 5.69 Å². The lowest BCUT2D eigenvalue weighted by Crippen LogP contribution is -2.27. The van der Waals surface area contributed by atoms with E-state index in [1.165, 1.54) is 0 Å². The van der Waals surface area contributed by atoms with E-state index in [4.69, 9.17) is 23.8 Å². The van der Waals surface area contributed by atoms with Gasteiger partial charge in [-0.1, -0.05) is 12.1 Å². The maximum absolute atomic E-state index is 11.1. The highest BCUT2D eigenvalue weighted by atomic mass is 35.5. The minimum Gasteiger partial charge on any atom is -0.309 e. The molecule has 5 heteroatoms. The standard InChI is InChI=1S/C10H9ClN2OS/c11-5-7-1-3-8(4-2-7)13-6-9(14)12-10(13)15/h1-4H,5-6H2,(H,12,14,15). The maximum atomic E-state index is 11.1. The van der Waals surface area contributed by atoms with Crippen LogP contribution in [0.1, 0.15) is 5.56 Å². The van der Waals surface area contributed by atoms with Crippen molar-refractivity contribution in [1.82, 2.24) is 5.32 Å². The molecule has 0 unspecified atom stereocenters. The molecule has 1 amide bonds. The van der Waals surface area contributed by atoms with Crippen molar-refractivity contribution in [2.75, 3.05) is 11.4 Å². The molecule has 0 radical (unpaired) electrons. The Kier molecular flexibility index (Phi) is 2.88. The van der Waals surface area contributed by atoms with Gasteiger partial charge < -0.3 is 10.2 Å². The van der Waals surface area contributed by atoms with E-state index in [9.17, 15) is 4.79 Å². The Labute approximate surface area is 98.0 Å². The van der Waals surface area contributed by atoms with Gasteiger partial charge in [0.25, 0.3) is 0 Å². The SMILES string of the molecule is O=C1CN(c2ccc(CCl)cc2)C(=S)N1. The number of anilines is 1. The molecule has 1 heterocycles. The number of nitrogens with one attached hydrogen (secondary N) is 1. The van der Waals surface area contributed by atoms with Gasteiger partial charge in [-0.3, -0.25) is 4.79 Å². The minimum atomic E-state index is -0.0681. The van der Waals surface area contributed by atoms with E-state index in [0.29, 0.717) is 17.5 Å². The minimum absolute atomic E-state index is 0.0681. The molecule has 1 N–H and O–H groups in total. The highest BCUT2D eigenvalue weighted by molar-refractivity contribution is 7.80. The molecule has 78 valence electrons. The highest BCUT2D eigenvalue weighted by Gasteiger charge is 2.24. The average Bonchev–Trinajstić information content (AvgIpc) is 2.58. The summed E-state index contributed by atoms with van der Waals surface area (Å²) in [6, 6.07) is 7.66. The van der Waals surface area contributed by atoms with Crippen molar-refractivity contribution >= 4 is 40.5 Å². The second kappa shape index (κ2) is 4.16. The summed E-state index contributed by atoms with van der Waals surface area (Å²) in [7, 11) is 0. The lowest BCUT2D eigenvalue weighted by molar-refractivity contribution is -0.117. The molecule has 0 atom stereocenters. The number of hydrogen-bond donors (Lipinski definition) is 1. The van der Waals surface area contributed by atoms with Gasteiger partial charge in [0, 0.05) is 11.6 Å². The number of hydrogen-bond acceptors (Lipinski definition) is 2. The zero-order valence-electron chi connectivity index (χ0n) is 7.87. The van der Waals surface area contributed by atoms with Gasteiger partial charge in [-0.05, 0) is 29.9 Å². The first-order chi connectivity index (χ1) is 7.20. The van der Waals surface area contributed by atoms with Crippen LogP contribution in [-0.2, 0) is 10.7 Å². The monoisotopic (exact) mass is 240 g/mol. The number of nitrogens with zero attached hydrogens (tertiary/aromatic N) is 1. The summed E-state index contributed by atoms with van der Waals surface area (Å²) in [6.45, 7) is 0.291. The molecule has 3 nitrogen and oxygen atoms in total. The summed E-state index contributed by atoms with van der Waals surface area (Å²) in [5, 5.41) is 3.04. The Hall–Kier alpha value is -1.13. The molecule has 1 aromatic carbocycles. The molecule has 1 saturated heterocycles. The van der Waals surface area contributed by atoms with Crippen molar-refractivity contribution in [2.24, 2.45) is 0 Å². The van der Waals surface area contributed by atoms with Gasteiger partial charge in [0.2, 0.25) is 5.91 Å². The number of halogens is 1. The Bertz CT molecular complexity index is 404. The maximum Gasteiger partial charge on any atom is 0.246 e. The second-order valence-corrected chi connectivity index (χ2v) is 3.89. The Morgan fingerprint density at radius 2 is 2.07 bits per heavy atom. The zero-order chi connectivity index (χ0) is 10.8. The largest absolute Gasteiger partial charge is 0.309 e.